The fourth-order valence-electron chi connectivity index (χ4n) is 3.30. The van der Waals surface area contributed by atoms with Crippen LogP contribution in [0.15, 0.2) is 48.5 Å². The number of halogens is 1. The maximum atomic E-state index is 12.6. The summed E-state index contributed by atoms with van der Waals surface area (Å²) in [4.78, 5) is 16.8. The van der Waals surface area contributed by atoms with Gasteiger partial charge in [0, 0.05) is 32.7 Å². The minimum Gasteiger partial charge on any atom is -0.322 e. The van der Waals surface area contributed by atoms with Crippen LogP contribution < -0.4 is 5.32 Å². The van der Waals surface area contributed by atoms with Crippen molar-refractivity contribution >= 4 is 29.4 Å². The lowest BCUT2D eigenvalue weighted by atomic mass is 10.1. The molecule has 0 aromatic heterocycles. The van der Waals surface area contributed by atoms with E-state index in [2.05, 4.69) is 34.5 Å². The van der Waals surface area contributed by atoms with Crippen LogP contribution in [0.1, 0.15) is 16.7 Å². The third kappa shape index (κ3) is 5.34. The summed E-state index contributed by atoms with van der Waals surface area (Å²) in [6, 6.07) is 14.1. The van der Waals surface area contributed by atoms with Crippen molar-refractivity contribution in [1.82, 2.24) is 9.80 Å². The van der Waals surface area contributed by atoms with Gasteiger partial charge < -0.3 is 10.2 Å². The Labute approximate surface area is 166 Å². The second-order valence-electron chi connectivity index (χ2n) is 6.97. The SMILES string of the molecule is Cc1cc(C)c(NC(=O)N2CCN(C/C=C/c3ccccc3)CC2)c(Cl)c1. The van der Waals surface area contributed by atoms with Gasteiger partial charge in [-0.05, 0) is 36.6 Å². The van der Waals surface area contributed by atoms with E-state index in [4.69, 9.17) is 11.6 Å². The lowest BCUT2D eigenvalue weighted by Gasteiger charge is -2.34. The van der Waals surface area contributed by atoms with Crippen molar-refractivity contribution in [2.75, 3.05) is 38.0 Å². The van der Waals surface area contributed by atoms with Crippen molar-refractivity contribution in [2.45, 2.75) is 13.8 Å². The predicted octanol–water partition coefficient (Wildman–Crippen LogP) is 4.82. The highest BCUT2D eigenvalue weighted by Gasteiger charge is 2.21. The molecule has 4 nitrogen and oxygen atoms in total. The first-order chi connectivity index (χ1) is 13.0. The van der Waals surface area contributed by atoms with Gasteiger partial charge in [0.05, 0.1) is 10.7 Å². The van der Waals surface area contributed by atoms with E-state index in [1.165, 1.54) is 5.56 Å². The van der Waals surface area contributed by atoms with Crippen LogP contribution in [-0.4, -0.2) is 48.6 Å². The molecule has 0 unspecified atom stereocenters. The number of amides is 2. The third-order valence-corrected chi connectivity index (χ3v) is 5.09. The predicted molar refractivity (Wildman–Crippen MR) is 113 cm³/mol. The van der Waals surface area contributed by atoms with Crippen molar-refractivity contribution in [3.05, 3.63) is 70.3 Å². The molecule has 0 spiro atoms. The zero-order valence-electron chi connectivity index (χ0n) is 15.9. The summed E-state index contributed by atoms with van der Waals surface area (Å²) in [5.74, 6) is 0. The Bertz CT molecular complexity index is 789. The Morgan fingerprint density at radius 1 is 1.11 bits per heavy atom. The summed E-state index contributed by atoms with van der Waals surface area (Å²) in [6.45, 7) is 8.02. The van der Waals surface area contributed by atoms with E-state index in [0.29, 0.717) is 23.8 Å². The van der Waals surface area contributed by atoms with E-state index in [0.717, 1.165) is 30.8 Å². The molecule has 1 fully saturated rings. The molecule has 2 aromatic rings. The Kier molecular flexibility index (Phi) is 6.54. The first-order valence-corrected chi connectivity index (χ1v) is 9.67. The van der Waals surface area contributed by atoms with Crippen molar-refractivity contribution in [3.8, 4) is 0 Å². The van der Waals surface area contributed by atoms with Crippen LogP contribution in [0.2, 0.25) is 5.02 Å². The van der Waals surface area contributed by atoms with Crippen LogP contribution in [0.25, 0.3) is 6.08 Å². The number of nitrogens with zero attached hydrogens (tertiary/aromatic N) is 2. The van der Waals surface area contributed by atoms with E-state index < -0.39 is 0 Å². The minimum atomic E-state index is -0.0802. The number of nitrogens with one attached hydrogen (secondary N) is 1. The molecule has 3 rings (SSSR count). The first-order valence-electron chi connectivity index (χ1n) is 9.29. The number of urea groups is 1. The number of hydrogen-bond donors (Lipinski definition) is 1. The molecule has 2 amide bonds. The van der Waals surface area contributed by atoms with E-state index in [9.17, 15) is 4.79 Å². The molecule has 1 aliphatic heterocycles. The van der Waals surface area contributed by atoms with E-state index >= 15 is 0 Å². The summed E-state index contributed by atoms with van der Waals surface area (Å²) in [7, 11) is 0. The van der Waals surface area contributed by atoms with Gasteiger partial charge in [0.25, 0.3) is 0 Å². The first kappa shape index (κ1) is 19.5. The second kappa shape index (κ2) is 9.07. The summed E-state index contributed by atoms with van der Waals surface area (Å²) in [5.41, 5.74) is 3.99. The molecule has 1 N–H and O–H groups in total. The number of carbonyl (C=O) groups excluding carboxylic acids is 1. The largest absolute Gasteiger partial charge is 0.322 e. The van der Waals surface area contributed by atoms with Gasteiger partial charge in [-0.1, -0.05) is 60.2 Å². The highest BCUT2D eigenvalue weighted by atomic mass is 35.5. The number of carbonyl (C=O) groups is 1. The average molecular weight is 384 g/mol. The molecule has 0 atom stereocenters. The molecule has 27 heavy (non-hydrogen) atoms. The number of aryl methyl sites for hydroxylation is 2. The second-order valence-corrected chi connectivity index (χ2v) is 7.38. The minimum absolute atomic E-state index is 0.0802. The van der Waals surface area contributed by atoms with E-state index in [1.54, 1.807) is 0 Å². The van der Waals surface area contributed by atoms with Gasteiger partial charge in [0.1, 0.15) is 0 Å². The molecule has 0 saturated carbocycles. The molecule has 0 bridgehead atoms. The van der Waals surface area contributed by atoms with Crippen molar-refractivity contribution in [3.63, 3.8) is 0 Å². The molecule has 0 aliphatic carbocycles. The number of benzene rings is 2. The molecule has 0 radical (unpaired) electrons. The van der Waals surface area contributed by atoms with Crippen molar-refractivity contribution < 1.29 is 4.79 Å². The smallest absolute Gasteiger partial charge is 0.321 e. The number of anilines is 1. The molecule has 1 saturated heterocycles. The summed E-state index contributed by atoms with van der Waals surface area (Å²) < 4.78 is 0. The number of rotatable bonds is 4. The van der Waals surface area contributed by atoms with Gasteiger partial charge in [0.15, 0.2) is 0 Å². The fraction of sp³-hybridized carbons (Fsp3) is 0.318. The van der Waals surface area contributed by atoms with Crippen molar-refractivity contribution in [2.24, 2.45) is 0 Å². The van der Waals surface area contributed by atoms with Gasteiger partial charge in [-0.2, -0.15) is 0 Å². The van der Waals surface area contributed by atoms with Gasteiger partial charge in [-0.25, -0.2) is 4.79 Å². The molecular formula is C22H26ClN3O. The maximum absolute atomic E-state index is 12.6. The zero-order chi connectivity index (χ0) is 19.2. The molecule has 1 aliphatic rings. The fourth-order valence-corrected chi connectivity index (χ4v) is 3.66. The summed E-state index contributed by atoms with van der Waals surface area (Å²) in [5, 5.41) is 3.57. The lowest BCUT2D eigenvalue weighted by molar-refractivity contribution is 0.156. The molecule has 142 valence electrons. The Balaban J connectivity index is 1.49. The summed E-state index contributed by atoms with van der Waals surface area (Å²) >= 11 is 6.30. The molecule has 5 heteroatoms. The van der Waals surface area contributed by atoms with Crippen LogP contribution in [0.5, 0.6) is 0 Å². The Morgan fingerprint density at radius 2 is 1.81 bits per heavy atom. The lowest BCUT2D eigenvalue weighted by Crippen LogP contribution is -2.50. The number of hydrogen-bond acceptors (Lipinski definition) is 2. The maximum Gasteiger partial charge on any atom is 0.321 e. The van der Waals surface area contributed by atoms with Crippen LogP contribution in [0.3, 0.4) is 0 Å². The van der Waals surface area contributed by atoms with E-state index in [1.807, 2.05) is 49.1 Å². The third-order valence-electron chi connectivity index (χ3n) is 4.80. The molecule has 1 heterocycles. The molecular weight excluding hydrogens is 358 g/mol. The average Bonchev–Trinajstić information content (AvgIpc) is 2.66. The normalized spacial score (nSPS) is 15.3. The van der Waals surface area contributed by atoms with Gasteiger partial charge in [0.2, 0.25) is 0 Å². The van der Waals surface area contributed by atoms with Gasteiger partial charge >= 0.3 is 6.03 Å². The van der Waals surface area contributed by atoms with E-state index in [-0.39, 0.29) is 6.03 Å². The zero-order valence-corrected chi connectivity index (χ0v) is 16.7. The Hall–Kier alpha value is -2.30. The van der Waals surface area contributed by atoms with Crippen LogP contribution >= 0.6 is 11.6 Å². The standard InChI is InChI=1S/C22H26ClN3O/c1-17-15-18(2)21(20(23)16-17)24-22(27)26-13-11-25(12-14-26)10-6-9-19-7-4-3-5-8-19/h3-9,15-16H,10-14H2,1-2H3,(H,24,27)/b9-6+. The highest BCUT2D eigenvalue weighted by Crippen LogP contribution is 2.27. The van der Waals surface area contributed by atoms with Gasteiger partial charge in [-0.15, -0.1) is 0 Å². The Morgan fingerprint density at radius 3 is 2.48 bits per heavy atom. The topological polar surface area (TPSA) is 35.6 Å². The van der Waals surface area contributed by atoms with Crippen LogP contribution in [0.4, 0.5) is 10.5 Å². The molecule has 2 aromatic carbocycles. The van der Waals surface area contributed by atoms with Crippen molar-refractivity contribution in [1.29, 1.82) is 0 Å². The van der Waals surface area contributed by atoms with Gasteiger partial charge in [-0.3, -0.25) is 4.90 Å². The summed E-state index contributed by atoms with van der Waals surface area (Å²) in [6.07, 6.45) is 4.32. The monoisotopic (exact) mass is 383 g/mol. The highest BCUT2D eigenvalue weighted by molar-refractivity contribution is 6.34. The van der Waals surface area contributed by atoms with Crippen LogP contribution in [0, 0.1) is 13.8 Å². The quantitative estimate of drug-likeness (QED) is 0.821. The number of piperazine rings is 1. The van der Waals surface area contributed by atoms with Crippen LogP contribution in [-0.2, 0) is 0 Å².